The van der Waals surface area contributed by atoms with Gasteiger partial charge < -0.3 is 21.1 Å². The van der Waals surface area contributed by atoms with Gasteiger partial charge in [-0.15, -0.1) is 11.3 Å². The van der Waals surface area contributed by atoms with E-state index in [2.05, 4.69) is 37.4 Å². The van der Waals surface area contributed by atoms with Crippen LogP contribution in [-0.2, 0) is 29.0 Å². The Kier molecular flexibility index (Phi) is 11.8. The van der Waals surface area contributed by atoms with Crippen LogP contribution in [0.4, 0.5) is 29.3 Å². The maximum atomic E-state index is 13.5. The zero-order chi connectivity index (χ0) is 30.5. The minimum absolute atomic E-state index is 0.193. The van der Waals surface area contributed by atoms with Crippen LogP contribution >= 0.6 is 11.3 Å². The maximum Gasteiger partial charge on any atom is 0.490 e. The fourth-order valence-electron chi connectivity index (χ4n) is 3.67. The molecule has 0 unspecified atom stereocenters. The lowest BCUT2D eigenvalue weighted by Gasteiger charge is -2.20. The topological polar surface area (TPSA) is 116 Å². The molecule has 0 spiro atoms. The number of carboxylic acid groups (broad SMARTS) is 1. The standard InChI is InChI=1S/C27H28FN5OS.C2HF3O2/c1-19-15-25(33-27(31-19)29-13-12-23-11-6-14-35-23)32-24(17-20-7-3-2-4-8-20)26(34)30-18-21-9-5-10-22(28)16-21;3-2(4,5)1(6)7/h2-11,14-16,24H,12-13,17-18H2,1H3,(H,30,34)(H2,29,31,32,33);(H,6,7)/t24-;/m0./s1. The molecule has 4 rings (SSSR count). The fraction of sp³-hybridized carbons (Fsp3) is 0.241. The summed E-state index contributed by atoms with van der Waals surface area (Å²) in [6.45, 7) is 2.85. The van der Waals surface area contributed by atoms with Crippen molar-refractivity contribution in [3.63, 3.8) is 0 Å². The van der Waals surface area contributed by atoms with Gasteiger partial charge in [0.25, 0.3) is 0 Å². The number of benzene rings is 2. The molecular weight excluding hydrogens is 574 g/mol. The van der Waals surface area contributed by atoms with E-state index in [0.717, 1.165) is 17.7 Å². The number of aromatic nitrogens is 2. The van der Waals surface area contributed by atoms with Gasteiger partial charge in [0.15, 0.2) is 0 Å². The Balaban J connectivity index is 0.000000616. The molecule has 13 heteroatoms. The van der Waals surface area contributed by atoms with E-state index in [-0.39, 0.29) is 18.3 Å². The van der Waals surface area contributed by atoms with E-state index in [4.69, 9.17) is 9.90 Å². The molecular formula is C29H29F4N5O3S. The number of aryl methyl sites for hydroxylation is 1. The van der Waals surface area contributed by atoms with E-state index >= 15 is 0 Å². The molecule has 222 valence electrons. The van der Waals surface area contributed by atoms with Crippen molar-refractivity contribution in [2.45, 2.75) is 38.5 Å². The van der Waals surface area contributed by atoms with Crippen LogP contribution in [0.1, 0.15) is 21.7 Å². The van der Waals surface area contributed by atoms with Crippen molar-refractivity contribution < 1.29 is 32.3 Å². The second kappa shape index (κ2) is 15.5. The highest BCUT2D eigenvalue weighted by molar-refractivity contribution is 7.09. The van der Waals surface area contributed by atoms with Crippen molar-refractivity contribution in [3.05, 3.63) is 106 Å². The van der Waals surface area contributed by atoms with Crippen molar-refractivity contribution in [3.8, 4) is 0 Å². The van der Waals surface area contributed by atoms with Gasteiger partial charge in [0.05, 0.1) is 0 Å². The van der Waals surface area contributed by atoms with Crippen LogP contribution < -0.4 is 16.0 Å². The lowest BCUT2D eigenvalue weighted by molar-refractivity contribution is -0.192. The molecule has 2 heterocycles. The van der Waals surface area contributed by atoms with E-state index in [1.54, 1.807) is 23.5 Å². The van der Waals surface area contributed by atoms with Crippen molar-refractivity contribution in [2.75, 3.05) is 17.2 Å². The predicted octanol–water partition coefficient (Wildman–Crippen LogP) is 5.61. The van der Waals surface area contributed by atoms with Crippen LogP contribution in [0.2, 0.25) is 0 Å². The van der Waals surface area contributed by atoms with Crippen LogP contribution in [0, 0.1) is 12.7 Å². The molecule has 0 fully saturated rings. The molecule has 1 atom stereocenters. The number of amides is 1. The molecule has 42 heavy (non-hydrogen) atoms. The molecule has 0 bridgehead atoms. The zero-order valence-electron chi connectivity index (χ0n) is 22.5. The van der Waals surface area contributed by atoms with Gasteiger partial charge in [-0.2, -0.15) is 18.2 Å². The van der Waals surface area contributed by atoms with Gasteiger partial charge in [-0.25, -0.2) is 14.2 Å². The number of carbonyl (C=O) groups excluding carboxylic acids is 1. The van der Waals surface area contributed by atoms with Gasteiger partial charge in [0.2, 0.25) is 11.9 Å². The number of carbonyl (C=O) groups is 2. The molecule has 0 aliphatic rings. The number of alkyl halides is 3. The molecule has 0 saturated carbocycles. The Hall–Kier alpha value is -4.52. The average Bonchev–Trinajstić information content (AvgIpc) is 3.45. The normalized spacial score (nSPS) is 11.5. The molecule has 4 aromatic rings. The number of anilines is 2. The maximum absolute atomic E-state index is 13.5. The first-order chi connectivity index (χ1) is 20.0. The quantitative estimate of drug-likeness (QED) is 0.165. The number of nitrogens with one attached hydrogen (secondary N) is 3. The van der Waals surface area contributed by atoms with Crippen molar-refractivity contribution in [2.24, 2.45) is 0 Å². The number of aliphatic carboxylic acids is 1. The lowest BCUT2D eigenvalue weighted by Crippen LogP contribution is -2.41. The second-order valence-corrected chi connectivity index (χ2v) is 10.0. The second-order valence-electron chi connectivity index (χ2n) is 9.01. The molecule has 4 N–H and O–H groups in total. The lowest BCUT2D eigenvalue weighted by atomic mass is 10.0. The molecule has 2 aromatic carbocycles. The van der Waals surface area contributed by atoms with Crippen molar-refractivity contribution in [1.29, 1.82) is 0 Å². The van der Waals surface area contributed by atoms with Crippen LogP contribution in [0.25, 0.3) is 0 Å². The number of rotatable bonds is 11. The Morgan fingerprint density at radius 1 is 0.976 bits per heavy atom. The number of halogens is 4. The van der Waals surface area contributed by atoms with E-state index in [0.29, 0.717) is 30.3 Å². The monoisotopic (exact) mass is 603 g/mol. The van der Waals surface area contributed by atoms with Crippen LogP contribution in [-0.4, -0.2) is 45.7 Å². The van der Waals surface area contributed by atoms with Gasteiger partial charge in [-0.3, -0.25) is 4.79 Å². The Labute approximate surface area is 243 Å². The molecule has 0 saturated heterocycles. The van der Waals surface area contributed by atoms with E-state index in [1.807, 2.05) is 49.4 Å². The van der Waals surface area contributed by atoms with Crippen LogP contribution in [0.3, 0.4) is 0 Å². The summed E-state index contributed by atoms with van der Waals surface area (Å²) in [7, 11) is 0. The Morgan fingerprint density at radius 3 is 2.33 bits per heavy atom. The summed E-state index contributed by atoms with van der Waals surface area (Å²) in [6, 6.07) is 21.4. The first-order valence-corrected chi connectivity index (χ1v) is 13.6. The number of nitrogens with zero attached hydrogens (tertiary/aromatic N) is 2. The minimum Gasteiger partial charge on any atom is -0.475 e. The number of carboxylic acids is 1. The highest BCUT2D eigenvalue weighted by Crippen LogP contribution is 2.15. The molecule has 0 aliphatic heterocycles. The van der Waals surface area contributed by atoms with Crippen molar-refractivity contribution in [1.82, 2.24) is 15.3 Å². The predicted molar refractivity (Wildman–Crippen MR) is 153 cm³/mol. The first-order valence-electron chi connectivity index (χ1n) is 12.7. The van der Waals surface area contributed by atoms with Crippen LogP contribution in [0.15, 0.2) is 78.2 Å². The highest BCUT2D eigenvalue weighted by Gasteiger charge is 2.38. The van der Waals surface area contributed by atoms with Crippen LogP contribution in [0.5, 0.6) is 0 Å². The summed E-state index contributed by atoms with van der Waals surface area (Å²) < 4.78 is 45.3. The summed E-state index contributed by atoms with van der Waals surface area (Å²) in [5, 5.41) is 18.7. The summed E-state index contributed by atoms with van der Waals surface area (Å²) in [6.07, 6.45) is -3.73. The molecule has 0 radical (unpaired) electrons. The SMILES string of the molecule is Cc1cc(N[C@@H](Cc2ccccc2)C(=O)NCc2cccc(F)c2)nc(NCCc2cccs2)n1.O=C(O)C(F)(F)F. The van der Waals surface area contributed by atoms with Gasteiger partial charge >= 0.3 is 12.1 Å². The van der Waals surface area contributed by atoms with E-state index in [1.165, 1.54) is 17.0 Å². The minimum atomic E-state index is -5.08. The number of thiophene rings is 1. The Bertz CT molecular complexity index is 1440. The summed E-state index contributed by atoms with van der Waals surface area (Å²) in [4.78, 5) is 32.4. The largest absolute Gasteiger partial charge is 0.490 e. The average molecular weight is 604 g/mol. The smallest absolute Gasteiger partial charge is 0.475 e. The molecule has 1 amide bonds. The van der Waals surface area contributed by atoms with E-state index in [9.17, 15) is 22.4 Å². The summed E-state index contributed by atoms with van der Waals surface area (Å²) >= 11 is 1.72. The molecule has 2 aromatic heterocycles. The Morgan fingerprint density at radius 2 is 1.69 bits per heavy atom. The zero-order valence-corrected chi connectivity index (χ0v) is 23.3. The third-order valence-electron chi connectivity index (χ3n) is 5.61. The summed E-state index contributed by atoms with van der Waals surface area (Å²) in [5.74, 6) is -2.19. The molecule has 8 nitrogen and oxygen atoms in total. The third-order valence-corrected chi connectivity index (χ3v) is 6.54. The van der Waals surface area contributed by atoms with Gasteiger partial charge in [0.1, 0.15) is 17.7 Å². The number of hydrogen-bond acceptors (Lipinski definition) is 7. The fourth-order valence-corrected chi connectivity index (χ4v) is 4.38. The van der Waals surface area contributed by atoms with E-state index < -0.39 is 18.2 Å². The van der Waals surface area contributed by atoms with Gasteiger partial charge in [0, 0.05) is 36.1 Å². The number of hydrogen-bond donors (Lipinski definition) is 4. The summed E-state index contributed by atoms with van der Waals surface area (Å²) in [5.41, 5.74) is 2.51. The highest BCUT2D eigenvalue weighted by atomic mass is 32.1. The van der Waals surface area contributed by atoms with Gasteiger partial charge in [-0.05, 0) is 48.1 Å². The molecule has 0 aliphatic carbocycles. The van der Waals surface area contributed by atoms with Crippen molar-refractivity contribution >= 4 is 35.0 Å². The van der Waals surface area contributed by atoms with Gasteiger partial charge in [-0.1, -0.05) is 48.5 Å². The third kappa shape index (κ3) is 11.2. The first kappa shape index (κ1) is 32.0.